The molecule has 0 saturated carbocycles. The van der Waals surface area contributed by atoms with E-state index >= 15 is 0 Å². The fourth-order valence-corrected chi connectivity index (χ4v) is 1.49. The molecule has 0 bridgehead atoms. The predicted octanol–water partition coefficient (Wildman–Crippen LogP) is -0.850. The number of carbonyl (C=O) groups is 1. The molecular formula is C9H17N2O2. The Hall–Kier alpha value is -0.450. The fraction of sp³-hybridized carbons (Fsp3) is 0.889. The van der Waals surface area contributed by atoms with Gasteiger partial charge in [0.1, 0.15) is 0 Å². The van der Waals surface area contributed by atoms with E-state index in [4.69, 9.17) is 5.11 Å². The highest BCUT2D eigenvalue weighted by Gasteiger charge is 2.26. The molecule has 2 atom stereocenters. The summed E-state index contributed by atoms with van der Waals surface area (Å²) in [6.07, 6.45) is 0.696. The van der Waals surface area contributed by atoms with Crippen LogP contribution in [-0.4, -0.2) is 43.2 Å². The molecule has 0 aromatic carbocycles. The van der Waals surface area contributed by atoms with Crippen molar-refractivity contribution >= 4 is 5.78 Å². The first-order valence-corrected chi connectivity index (χ1v) is 4.81. The Morgan fingerprint density at radius 2 is 2.54 bits per heavy atom. The van der Waals surface area contributed by atoms with Crippen molar-refractivity contribution in [3.8, 4) is 0 Å². The zero-order chi connectivity index (χ0) is 9.68. The maximum Gasteiger partial charge on any atom is 0.158 e. The van der Waals surface area contributed by atoms with E-state index in [1.165, 1.54) is 0 Å². The molecule has 13 heavy (non-hydrogen) atoms. The first-order valence-electron chi connectivity index (χ1n) is 4.81. The van der Waals surface area contributed by atoms with Gasteiger partial charge in [0.15, 0.2) is 5.78 Å². The third-order valence-corrected chi connectivity index (χ3v) is 2.42. The first kappa shape index (κ1) is 10.6. The van der Waals surface area contributed by atoms with E-state index in [1.54, 1.807) is 0 Å². The molecule has 2 unspecified atom stereocenters. The van der Waals surface area contributed by atoms with Crippen LogP contribution in [0, 0.1) is 5.92 Å². The predicted molar refractivity (Wildman–Crippen MR) is 49.5 cm³/mol. The number of piperazine rings is 1. The van der Waals surface area contributed by atoms with Gasteiger partial charge in [0.2, 0.25) is 0 Å². The topological polar surface area (TPSA) is 63.4 Å². The van der Waals surface area contributed by atoms with Crippen molar-refractivity contribution in [1.29, 1.82) is 0 Å². The number of carbonyl (C=O) groups excluding carboxylic acids is 1. The number of ketones is 1. The first-order chi connectivity index (χ1) is 6.29. The van der Waals surface area contributed by atoms with Crippen LogP contribution in [0.3, 0.4) is 0 Å². The minimum atomic E-state index is -0.231. The van der Waals surface area contributed by atoms with Crippen molar-refractivity contribution in [2.24, 2.45) is 5.92 Å². The van der Waals surface area contributed by atoms with Crippen molar-refractivity contribution in [1.82, 2.24) is 10.6 Å². The smallest absolute Gasteiger partial charge is 0.158 e. The third-order valence-electron chi connectivity index (χ3n) is 2.42. The summed E-state index contributed by atoms with van der Waals surface area (Å²) in [7, 11) is 0. The lowest BCUT2D eigenvalue weighted by Gasteiger charge is -2.24. The van der Waals surface area contributed by atoms with Gasteiger partial charge in [-0.25, -0.2) is 5.32 Å². The lowest BCUT2D eigenvalue weighted by molar-refractivity contribution is -0.126. The minimum absolute atomic E-state index is 0.0542. The number of nitrogens with zero attached hydrogens (tertiary/aromatic N) is 1. The molecule has 1 radical (unpaired) electrons. The summed E-state index contributed by atoms with van der Waals surface area (Å²) in [6, 6.07) is -0.231. The van der Waals surface area contributed by atoms with E-state index < -0.39 is 0 Å². The van der Waals surface area contributed by atoms with Gasteiger partial charge in [0.05, 0.1) is 12.6 Å². The van der Waals surface area contributed by atoms with E-state index in [0.717, 1.165) is 6.54 Å². The Kier molecular flexibility index (Phi) is 4.35. The summed E-state index contributed by atoms with van der Waals surface area (Å²) >= 11 is 0. The maximum absolute atomic E-state index is 11.7. The Bertz CT molecular complexity index is 163. The molecule has 1 aliphatic heterocycles. The van der Waals surface area contributed by atoms with E-state index in [0.29, 0.717) is 19.5 Å². The molecule has 1 saturated heterocycles. The van der Waals surface area contributed by atoms with Gasteiger partial charge < -0.3 is 10.4 Å². The van der Waals surface area contributed by atoms with Gasteiger partial charge in [0.25, 0.3) is 0 Å². The summed E-state index contributed by atoms with van der Waals surface area (Å²) in [5, 5.41) is 16.3. The number of hydrogen-bond donors (Lipinski definition) is 2. The van der Waals surface area contributed by atoms with E-state index in [9.17, 15) is 4.79 Å². The maximum atomic E-state index is 11.7. The fourth-order valence-electron chi connectivity index (χ4n) is 1.49. The molecule has 1 rings (SSSR count). The van der Waals surface area contributed by atoms with Crippen molar-refractivity contribution in [3.63, 3.8) is 0 Å². The van der Waals surface area contributed by atoms with Gasteiger partial charge in [0, 0.05) is 25.6 Å². The standard InChI is InChI=1S/C9H17N2O2/c1-2-7(6-12)9(13)8-5-10-3-4-11-8/h7-8,10,12H,2-6H2,1H3. The van der Waals surface area contributed by atoms with E-state index in [1.807, 2.05) is 6.92 Å². The number of rotatable bonds is 4. The quantitative estimate of drug-likeness (QED) is 0.599. The van der Waals surface area contributed by atoms with Gasteiger partial charge in [-0.2, -0.15) is 0 Å². The zero-order valence-corrected chi connectivity index (χ0v) is 7.99. The summed E-state index contributed by atoms with van der Waals surface area (Å²) in [5.74, 6) is -0.147. The number of Topliss-reactive ketones (excluding diaryl/α,β-unsaturated/α-hetero) is 1. The van der Waals surface area contributed by atoms with Crippen LogP contribution in [0.5, 0.6) is 0 Å². The molecule has 0 spiro atoms. The van der Waals surface area contributed by atoms with Gasteiger partial charge in [-0.3, -0.25) is 4.79 Å². The molecular weight excluding hydrogens is 168 g/mol. The monoisotopic (exact) mass is 185 g/mol. The molecule has 75 valence electrons. The molecule has 0 amide bonds. The van der Waals surface area contributed by atoms with Crippen molar-refractivity contribution in [3.05, 3.63) is 0 Å². The summed E-state index contributed by atoms with van der Waals surface area (Å²) in [4.78, 5) is 11.7. The van der Waals surface area contributed by atoms with Crippen LogP contribution in [0.4, 0.5) is 0 Å². The van der Waals surface area contributed by atoms with Gasteiger partial charge in [-0.05, 0) is 6.42 Å². The van der Waals surface area contributed by atoms with Crippen molar-refractivity contribution < 1.29 is 9.90 Å². The summed E-state index contributed by atoms with van der Waals surface area (Å²) < 4.78 is 0. The molecule has 2 N–H and O–H groups in total. The largest absolute Gasteiger partial charge is 0.396 e. The molecule has 1 fully saturated rings. The Balaban J connectivity index is 2.44. The highest BCUT2D eigenvalue weighted by atomic mass is 16.3. The summed E-state index contributed by atoms with van der Waals surface area (Å²) in [5.41, 5.74) is 0. The normalized spacial score (nSPS) is 25.5. The second-order valence-electron chi connectivity index (χ2n) is 3.32. The average molecular weight is 185 g/mol. The lowest BCUT2D eigenvalue weighted by Crippen LogP contribution is -2.50. The zero-order valence-electron chi connectivity index (χ0n) is 7.99. The second kappa shape index (κ2) is 5.32. The molecule has 1 heterocycles. The summed E-state index contributed by atoms with van der Waals surface area (Å²) in [6.45, 7) is 4.06. The van der Waals surface area contributed by atoms with Crippen molar-refractivity contribution in [2.45, 2.75) is 19.4 Å². The molecule has 4 nitrogen and oxygen atoms in total. The van der Waals surface area contributed by atoms with Gasteiger partial charge >= 0.3 is 0 Å². The number of aliphatic hydroxyl groups excluding tert-OH is 1. The number of nitrogens with one attached hydrogen (secondary N) is 1. The molecule has 0 aliphatic carbocycles. The van der Waals surface area contributed by atoms with Crippen LogP contribution in [0.2, 0.25) is 0 Å². The Labute approximate surface area is 78.7 Å². The van der Waals surface area contributed by atoms with Crippen LogP contribution < -0.4 is 10.6 Å². The van der Waals surface area contributed by atoms with Gasteiger partial charge in [-0.1, -0.05) is 6.92 Å². The van der Waals surface area contributed by atoms with Crippen LogP contribution in [0.1, 0.15) is 13.3 Å². The minimum Gasteiger partial charge on any atom is -0.396 e. The highest BCUT2D eigenvalue weighted by Crippen LogP contribution is 2.07. The van der Waals surface area contributed by atoms with Crippen LogP contribution in [0.15, 0.2) is 0 Å². The van der Waals surface area contributed by atoms with Crippen LogP contribution in [-0.2, 0) is 4.79 Å². The molecule has 0 aromatic heterocycles. The van der Waals surface area contributed by atoms with Crippen LogP contribution in [0.25, 0.3) is 0 Å². The van der Waals surface area contributed by atoms with Crippen molar-refractivity contribution in [2.75, 3.05) is 26.2 Å². The molecule has 1 aliphatic rings. The lowest BCUT2D eigenvalue weighted by atomic mass is 9.95. The third kappa shape index (κ3) is 2.76. The Morgan fingerprint density at radius 1 is 1.77 bits per heavy atom. The van der Waals surface area contributed by atoms with E-state index in [-0.39, 0.29) is 24.3 Å². The number of hydrogen-bond acceptors (Lipinski definition) is 3. The number of aliphatic hydroxyl groups is 1. The Morgan fingerprint density at radius 3 is 3.00 bits per heavy atom. The molecule has 0 aromatic rings. The highest BCUT2D eigenvalue weighted by molar-refractivity contribution is 5.86. The van der Waals surface area contributed by atoms with Gasteiger partial charge in [-0.15, -0.1) is 0 Å². The second-order valence-corrected chi connectivity index (χ2v) is 3.32. The van der Waals surface area contributed by atoms with Crippen LogP contribution >= 0.6 is 0 Å². The SMILES string of the molecule is CCC(CO)C(=O)C1CNCC[N]1. The van der Waals surface area contributed by atoms with E-state index in [2.05, 4.69) is 10.6 Å². The molecule has 4 heteroatoms. The average Bonchev–Trinajstić information content (AvgIpc) is 2.21.